The number of carboxylic acid groups (broad SMARTS) is 1. The van der Waals surface area contributed by atoms with E-state index < -0.39 is 5.97 Å². The van der Waals surface area contributed by atoms with E-state index in [2.05, 4.69) is 6.07 Å². The van der Waals surface area contributed by atoms with Gasteiger partial charge in [-0.05, 0) is 61.6 Å². The number of para-hydroxylation sites is 1. The number of carbonyl (C=O) groups is 1. The van der Waals surface area contributed by atoms with Gasteiger partial charge in [0.1, 0.15) is 5.75 Å². The molecule has 0 amide bonds. The van der Waals surface area contributed by atoms with Gasteiger partial charge in [0.25, 0.3) is 0 Å². The molecule has 5 heteroatoms. The molecule has 0 unspecified atom stereocenters. The Morgan fingerprint density at radius 1 is 1.22 bits per heavy atom. The van der Waals surface area contributed by atoms with Crippen molar-refractivity contribution in [2.24, 2.45) is 0 Å². The fourth-order valence-corrected chi connectivity index (χ4v) is 3.30. The van der Waals surface area contributed by atoms with E-state index in [-0.39, 0.29) is 0 Å². The maximum Gasteiger partial charge on any atom is 0.329 e. The zero-order valence-corrected chi connectivity index (χ0v) is 16.2. The van der Waals surface area contributed by atoms with Crippen LogP contribution >= 0.6 is 11.6 Å². The van der Waals surface area contributed by atoms with Crippen molar-refractivity contribution in [3.05, 3.63) is 70.4 Å². The van der Waals surface area contributed by atoms with Crippen molar-refractivity contribution in [1.82, 2.24) is 4.57 Å². The third kappa shape index (κ3) is 4.52. The van der Waals surface area contributed by atoms with Gasteiger partial charge >= 0.3 is 5.97 Å². The molecule has 0 radical (unpaired) electrons. The summed E-state index contributed by atoms with van der Waals surface area (Å²) in [5.74, 6) is -0.127. The van der Waals surface area contributed by atoms with Gasteiger partial charge in [0, 0.05) is 28.9 Å². The number of benzene rings is 2. The van der Waals surface area contributed by atoms with Gasteiger partial charge in [-0.25, -0.2) is 4.79 Å². The van der Waals surface area contributed by atoms with Gasteiger partial charge in [0.2, 0.25) is 0 Å². The van der Waals surface area contributed by atoms with Crippen LogP contribution in [0.1, 0.15) is 23.1 Å². The summed E-state index contributed by atoms with van der Waals surface area (Å²) in [5, 5.41) is 10.8. The van der Waals surface area contributed by atoms with Crippen molar-refractivity contribution in [2.45, 2.75) is 26.7 Å². The largest absolute Gasteiger partial charge is 0.494 e. The molecule has 0 saturated carbocycles. The minimum absolute atomic E-state index is 0.602. The highest BCUT2D eigenvalue weighted by Gasteiger charge is 2.08. The maximum atomic E-state index is 10.8. The van der Waals surface area contributed by atoms with Crippen LogP contribution in [0.15, 0.2) is 48.7 Å². The van der Waals surface area contributed by atoms with Crippen LogP contribution in [0.5, 0.6) is 5.75 Å². The highest BCUT2D eigenvalue weighted by atomic mass is 35.5. The molecule has 0 aliphatic heterocycles. The van der Waals surface area contributed by atoms with E-state index in [1.807, 2.05) is 54.9 Å². The predicted molar refractivity (Wildman–Crippen MR) is 110 cm³/mol. The number of rotatable bonds is 7. The summed E-state index contributed by atoms with van der Waals surface area (Å²) < 4.78 is 7.74. The van der Waals surface area contributed by atoms with E-state index in [4.69, 9.17) is 21.4 Å². The number of carboxylic acids is 1. The summed E-state index contributed by atoms with van der Waals surface area (Å²) in [6.45, 7) is 4.55. The van der Waals surface area contributed by atoms with Gasteiger partial charge in [0.05, 0.1) is 12.1 Å². The Balaban J connectivity index is 1.68. The summed E-state index contributed by atoms with van der Waals surface area (Å²) in [6.07, 6.45) is 6.41. The summed E-state index contributed by atoms with van der Waals surface area (Å²) in [4.78, 5) is 10.8. The van der Waals surface area contributed by atoms with Crippen molar-refractivity contribution in [3.63, 3.8) is 0 Å². The highest BCUT2D eigenvalue weighted by molar-refractivity contribution is 6.32. The molecule has 3 rings (SSSR count). The average molecular weight is 384 g/mol. The first-order chi connectivity index (χ1) is 13.0. The number of hydrogen-bond donors (Lipinski definition) is 1. The zero-order valence-electron chi connectivity index (χ0n) is 15.4. The molecule has 3 aromatic rings. The van der Waals surface area contributed by atoms with Crippen LogP contribution < -0.4 is 4.74 Å². The van der Waals surface area contributed by atoms with Crippen LogP contribution in [0.4, 0.5) is 0 Å². The standard InChI is InChI=1S/C22H22ClNO3/c1-15-12-18(13-16(2)22(15)23)27-11-5-6-17-14-24(10-9-21(25)26)20-8-4-3-7-19(17)20/h3-4,7-10,12-14H,5-6,11H2,1-2H3,(H,25,26)/b10-9+. The van der Waals surface area contributed by atoms with E-state index in [0.29, 0.717) is 6.61 Å². The lowest BCUT2D eigenvalue weighted by Gasteiger charge is -2.10. The monoisotopic (exact) mass is 383 g/mol. The fourth-order valence-electron chi connectivity index (χ4n) is 3.19. The van der Waals surface area contributed by atoms with Gasteiger partial charge in [-0.2, -0.15) is 0 Å². The number of ether oxygens (including phenoxy) is 1. The SMILES string of the molecule is Cc1cc(OCCCc2cn(/C=C/C(=O)O)c3ccccc23)cc(C)c1Cl. The van der Waals surface area contributed by atoms with Crippen molar-refractivity contribution in [2.75, 3.05) is 6.61 Å². The summed E-state index contributed by atoms with van der Waals surface area (Å²) in [6, 6.07) is 11.9. The lowest BCUT2D eigenvalue weighted by molar-refractivity contribution is -0.131. The number of fused-ring (bicyclic) bond motifs is 1. The number of hydrogen-bond acceptors (Lipinski definition) is 2. The Morgan fingerprint density at radius 3 is 2.63 bits per heavy atom. The van der Waals surface area contributed by atoms with Crippen LogP contribution in [-0.2, 0) is 11.2 Å². The van der Waals surface area contributed by atoms with E-state index in [9.17, 15) is 4.79 Å². The maximum absolute atomic E-state index is 10.8. The van der Waals surface area contributed by atoms with Crippen molar-refractivity contribution < 1.29 is 14.6 Å². The fraction of sp³-hybridized carbons (Fsp3) is 0.227. The topological polar surface area (TPSA) is 51.5 Å². The molecule has 1 N–H and O–H groups in total. The normalized spacial score (nSPS) is 11.4. The van der Waals surface area contributed by atoms with Crippen LogP contribution in [0.3, 0.4) is 0 Å². The van der Waals surface area contributed by atoms with Gasteiger partial charge in [-0.1, -0.05) is 29.8 Å². The first-order valence-corrected chi connectivity index (χ1v) is 9.22. The van der Waals surface area contributed by atoms with Crippen LogP contribution in [-0.4, -0.2) is 22.2 Å². The number of aryl methyl sites for hydroxylation is 3. The second kappa shape index (κ2) is 8.31. The Labute approximate surface area is 163 Å². The zero-order chi connectivity index (χ0) is 19.4. The number of aliphatic carboxylic acids is 1. The first-order valence-electron chi connectivity index (χ1n) is 8.85. The third-order valence-electron chi connectivity index (χ3n) is 4.47. The molecular formula is C22H22ClNO3. The smallest absolute Gasteiger partial charge is 0.329 e. The molecule has 4 nitrogen and oxygen atoms in total. The highest BCUT2D eigenvalue weighted by Crippen LogP contribution is 2.26. The van der Waals surface area contributed by atoms with E-state index in [1.165, 1.54) is 5.56 Å². The quantitative estimate of drug-likeness (QED) is 0.434. The minimum atomic E-state index is -0.962. The predicted octanol–water partition coefficient (Wildman–Crippen LogP) is 5.48. The molecule has 0 spiro atoms. The minimum Gasteiger partial charge on any atom is -0.494 e. The second-order valence-corrected chi connectivity index (χ2v) is 6.93. The molecule has 0 atom stereocenters. The lowest BCUT2D eigenvalue weighted by atomic mass is 10.1. The summed E-state index contributed by atoms with van der Waals surface area (Å²) in [7, 11) is 0. The molecule has 27 heavy (non-hydrogen) atoms. The molecule has 0 aliphatic carbocycles. The molecule has 0 fully saturated rings. The molecule has 1 aromatic heterocycles. The number of halogens is 1. The van der Waals surface area contributed by atoms with Crippen molar-refractivity contribution in [3.8, 4) is 5.75 Å². The molecule has 0 saturated heterocycles. The van der Waals surface area contributed by atoms with Gasteiger partial charge < -0.3 is 14.4 Å². The third-order valence-corrected chi connectivity index (χ3v) is 5.07. The number of aromatic nitrogens is 1. The average Bonchev–Trinajstić information content (AvgIpc) is 2.99. The lowest BCUT2D eigenvalue weighted by Crippen LogP contribution is -2.00. The molecule has 0 aliphatic rings. The molecule has 2 aromatic carbocycles. The first kappa shape index (κ1) is 19.1. The Kier molecular flexibility index (Phi) is 5.87. The molecule has 140 valence electrons. The Hall–Kier alpha value is -2.72. The summed E-state index contributed by atoms with van der Waals surface area (Å²) >= 11 is 6.19. The Bertz CT molecular complexity index is 981. The second-order valence-electron chi connectivity index (χ2n) is 6.56. The van der Waals surface area contributed by atoms with E-state index >= 15 is 0 Å². The summed E-state index contributed by atoms with van der Waals surface area (Å²) in [5.41, 5.74) is 4.20. The van der Waals surface area contributed by atoms with Crippen LogP contribution in [0, 0.1) is 13.8 Å². The van der Waals surface area contributed by atoms with Crippen molar-refractivity contribution >= 4 is 34.7 Å². The molecule has 1 heterocycles. The number of nitrogens with zero attached hydrogens (tertiary/aromatic N) is 1. The molecule has 0 bridgehead atoms. The van der Waals surface area contributed by atoms with Crippen LogP contribution in [0.25, 0.3) is 17.1 Å². The molecular weight excluding hydrogens is 362 g/mol. The van der Waals surface area contributed by atoms with Gasteiger partial charge in [-0.15, -0.1) is 0 Å². The van der Waals surface area contributed by atoms with E-state index in [1.54, 1.807) is 6.20 Å². The van der Waals surface area contributed by atoms with Crippen LogP contribution in [0.2, 0.25) is 5.02 Å². The van der Waals surface area contributed by atoms with Gasteiger partial charge in [-0.3, -0.25) is 0 Å². The Morgan fingerprint density at radius 2 is 1.93 bits per heavy atom. The van der Waals surface area contributed by atoms with Gasteiger partial charge in [0.15, 0.2) is 0 Å². The van der Waals surface area contributed by atoms with E-state index in [0.717, 1.165) is 51.7 Å². The van der Waals surface area contributed by atoms with Crippen molar-refractivity contribution in [1.29, 1.82) is 0 Å².